The van der Waals surface area contributed by atoms with Crippen molar-refractivity contribution in [1.29, 1.82) is 0 Å². The minimum absolute atomic E-state index is 0.0566. The summed E-state index contributed by atoms with van der Waals surface area (Å²) >= 11 is 0. The highest BCUT2D eigenvalue weighted by molar-refractivity contribution is 5.85. The molecule has 0 radical (unpaired) electrons. The van der Waals surface area contributed by atoms with Gasteiger partial charge < -0.3 is 16.0 Å². The van der Waals surface area contributed by atoms with E-state index in [1.807, 2.05) is 49.9 Å². The Balaban J connectivity index is 2.79. The summed E-state index contributed by atoms with van der Waals surface area (Å²) in [5, 5.41) is 2.92. The van der Waals surface area contributed by atoms with E-state index < -0.39 is 0 Å². The van der Waals surface area contributed by atoms with Gasteiger partial charge in [0, 0.05) is 24.5 Å². The SMILES string of the molecule is CCCNC(=O)C(C)N(CC)c1cccc(N)c1. The van der Waals surface area contributed by atoms with E-state index in [4.69, 9.17) is 5.73 Å². The van der Waals surface area contributed by atoms with Crippen LogP contribution in [0, 0.1) is 0 Å². The molecule has 0 aromatic heterocycles. The minimum Gasteiger partial charge on any atom is -0.399 e. The summed E-state index contributed by atoms with van der Waals surface area (Å²) in [7, 11) is 0. The van der Waals surface area contributed by atoms with E-state index in [0.29, 0.717) is 5.69 Å². The van der Waals surface area contributed by atoms with Crippen LogP contribution in [0.2, 0.25) is 0 Å². The predicted octanol–water partition coefficient (Wildman–Crippen LogP) is 2.01. The molecular weight excluding hydrogens is 226 g/mol. The number of carbonyl (C=O) groups excluding carboxylic acids is 1. The molecule has 0 spiro atoms. The summed E-state index contributed by atoms with van der Waals surface area (Å²) in [5.41, 5.74) is 7.48. The third-order valence-corrected chi connectivity index (χ3v) is 2.94. The zero-order valence-electron chi connectivity index (χ0n) is 11.4. The Morgan fingerprint density at radius 1 is 1.44 bits per heavy atom. The molecule has 0 aliphatic heterocycles. The molecule has 0 heterocycles. The molecule has 0 aliphatic rings. The molecule has 1 rings (SSSR count). The van der Waals surface area contributed by atoms with E-state index in [0.717, 1.165) is 25.2 Å². The Bertz CT molecular complexity index is 392. The molecule has 0 aliphatic carbocycles. The number of nitrogen functional groups attached to an aromatic ring is 1. The number of anilines is 2. The Morgan fingerprint density at radius 3 is 2.72 bits per heavy atom. The van der Waals surface area contributed by atoms with Crippen molar-refractivity contribution in [3.8, 4) is 0 Å². The summed E-state index contributed by atoms with van der Waals surface area (Å²) in [6, 6.07) is 7.43. The lowest BCUT2D eigenvalue weighted by Crippen LogP contribution is -2.45. The van der Waals surface area contributed by atoms with Gasteiger partial charge in [-0.05, 0) is 38.5 Å². The molecule has 4 heteroatoms. The first-order valence-electron chi connectivity index (χ1n) is 6.50. The van der Waals surface area contributed by atoms with Crippen molar-refractivity contribution in [2.45, 2.75) is 33.2 Å². The van der Waals surface area contributed by atoms with Crippen molar-refractivity contribution in [3.63, 3.8) is 0 Å². The van der Waals surface area contributed by atoms with Crippen molar-refractivity contribution in [2.24, 2.45) is 0 Å². The van der Waals surface area contributed by atoms with Crippen molar-refractivity contribution in [2.75, 3.05) is 23.7 Å². The highest BCUT2D eigenvalue weighted by atomic mass is 16.2. The van der Waals surface area contributed by atoms with Crippen molar-refractivity contribution < 1.29 is 4.79 Å². The highest BCUT2D eigenvalue weighted by Crippen LogP contribution is 2.19. The van der Waals surface area contributed by atoms with Crippen LogP contribution in [0.25, 0.3) is 0 Å². The average Bonchev–Trinajstić information content (AvgIpc) is 2.36. The van der Waals surface area contributed by atoms with Crippen LogP contribution >= 0.6 is 0 Å². The third kappa shape index (κ3) is 3.65. The fraction of sp³-hybridized carbons (Fsp3) is 0.500. The van der Waals surface area contributed by atoms with Gasteiger partial charge in [0.15, 0.2) is 0 Å². The van der Waals surface area contributed by atoms with Crippen molar-refractivity contribution in [1.82, 2.24) is 5.32 Å². The number of benzene rings is 1. The van der Waals surface area contributed by atoms with Gasteiger partial charge in [0.25, 0.3) is 0 Å². The van der Waals surface area contributed by atoms with Crippen LogP contribution in [0.1, 0.15) is 27.2 Å². The van der Waals surface area contributed by atoms with Gasteiger partial charge in [-0.1, -0.05) is 13.0 Å². The first-order chi connectivity index (χ1) is 8.60. The number of nitrogens with zero attached hydrogens (tertiary/aromatic N) is 1. The summed E-state index contributed by atoms with van der Waals surface area (Å²) in [5.74, 6) is 0.0566. The van der Waals surface area contributed by atoms with Gasteiger partial charge in [-0.25, -0.2) is 0 Å². The second-order valence-electron chi connectivity index (χ2n) is 4.35. The Morgan fingerprint density at radius 2 is 2.17 bits per heavy atom. The summed E-state index contributed by atoms with van der Waals surface area (Å²) in [6.07, 6.45) is 0.947. The molecule has 1 unspecified atom stereocenters. The maximum absolute atomic E-state index is 12.0. The lowest BCUT2D eigenvalue weighted by molar-refractivity contribution is -0.122. The molecule has 0 bridgehead atoms. The third-order valence-electron chi connectivity index (χ3n) is 2.94. The van der Waals surface area contributed by atoms with E-state index in [1.165, 1.54) is 0 Å². The Kier molecular flexibility index (Phi) is 5.49. The van der Waals surface area contributed by atoms with E-state index in [-0.39, 0.29) is 11.9 Å². The van der Waals surface area contributed by atoms with E-state index in [9.17, 15) is 4.79 Å². The van der Waals surface area contributed by atoms with Crippen LogP contribution in [0.15, 0.2) is 24.3 Å². The number of likely N-dealkylation sites (N-methyl/N-ethyl adjacent to an activating group) is 1. The fourth-order valence-corrected chi connectivity index (χ4v) is 1.92. The molecule has 1 amide bonds. The second-order valence-corrected chi connectivity index (χ2v) is 4.35. The first-order valence-corrected chi connectivity index (χ1v) is 6.50. The molecule has 1 aromatic rings. The lowest BCUT2D eigenvalue weighted by atomic mass is 10.2. The molecule has 0 saturated carbocycles. The second kappa shape index (κ2) is 6.89. The number of amides is 1. The average molecular weight is 249 g/mol. The minimum atomic E-state index is -0.191. The number of nitrogens with one attached hydrogen (secondary N) is 1. The van der Waals surface area contributed by atoms with Crippen LogP contribution in [-0.4, -0.2) is 25.0 Å². The van der Waals surface area contributed by atoms with Gasteiger partial charge in [-0.15, -0.1) is 0 Å². The lowest BCUT2D eigenvalue weighted by Gasteiger charge is -2.29. The van der Waals surface area contributed by atoms with Crippen LogP contribution < -0.4 is 16.0 Å². The summed E-state index contributed by atoms with van der Waals surface area (Å²) in [4.78, 5) is 14.0. The molecule has 1 aromatic carbocycles. The molecule has 1 atom stereocenters. The number of nitrogens with two attached hydrogens (primary N) is 1. The Hall–Kier alpha value is -1.71. The van der Waals surface area contributed by atoms with E-state index >= 15 is 0 Å². The quantitative estimate of drug-likeness (QED) is 0.758. The Labute approximate surface area is 109 Å². The van der Waals surface area contributed by atoms with E-state index in [2.05, 4.69) is 5.32 Å². The molecule has 18 heavy (non-hydrogen) atoms. The number of hydrogen-bond acceptors (Lipinski definition) is 3. The normalized spacial score (nSPS) is 11.9. The molecule has 0 fully saturated rings. The maximum atomic E-state index is 12.0. The first kappa shape index (κ1) is 14.4. The topological polar surface area (TPSA) is 58.4 Å². The monoisotopic (exact) mass is 249 g/mol. The maximum Gasteiger partial charge on any atom is 0.242 e. The van der Waals surface area contributed by atoms with E-state index in [1.54, 1.807) is 0 Å². The van der Waals surface area contributed by atoms with Crippen LogP contribution in [0.4, 0.5) is 11.4 Å². The van der Waals surface area contributed by atoms with Gasteiger partial charge in [0.2, 0.25) is 5.91 Å². The molecular formula is C14H23N3O. The largest absolute Gasteiger partial charge is 0.399 e. The zero-order valence-corrected chi connectivity index (χ0v) is 11.4. The molecule has 0 saturated heterocycles. The number of rotatable bonds is 6. The summed E-state index contributed by atoms with van der Waals surface area (Å²) < 4.78 is 0. The van der Waals surface area contributed by atoms with Gasteiger partial charge in [0.1, 0.15) is 6.04 Å². The van der Waals surface area contributed by atoms with Gasteiger partial charge in [0.05, 0.1) is 0 Å². The van der Waals surface area contributed by atoms with Gasteiger partial charge in [-0.3, -0.25) is 4.79 Å². The van der Waals surface area contributed by atoms with Crippen molar-refractivity contribution in [3.05, 3.63) is 24.3 Å². The smallest absolute Gasteiger partial charge is 0.242 e. The molecule has 100 valence electrons. The van der Waals surface area contributed by atoms with Gasteiger partial charge in [-0.2, -0.15) is 0 Å². The van der Waals surface area contributed by atoms with Gasteiger partial charge >= 0.3 is 0 Å². The molecule has 4 nitrogen and oxygen atoms in total. The summed E-state index contributed by atoms with van der Waals surface area (Å²) in [6.45, 7) is 7.48. The highest BCUT2D eigenvalue weighted by Gasteiger charge is 2.19. The van der Waals surface area contributed by atoms with Crippen LogP contribution in [0.5, 0.6) is 0 Å². The fourth-order valence-electron chi connectivity index (χ4n) is 1.92. The number of hydrogen-bond donors (Lipinski definition) is 2. The zero-order chi connectivity index (χ0) is 13.5. The van der Waals surface area contributed by atoms with Crippen LogP contribution in [-0.2, 0) is 4.79 Å². The van der Waals surface area contributed by atoms with Crippen molar-refractivity contribution >= 4 is 17.3 Å². The molecule has 3 N–H and O–H groups in total. The standard InChI is InChI=1S/C14H23N3O/c1-4-9-16-14(18)11(3)17(5-2)13-8-6-7-12(15)10-13/h6-8,10-11H,4-5,9,15H2,1-3H3,(H,16,18). The predicted molar refractivity (Wildman–Crippen MR) is 76.6 cm³/mol. The van der Waals surface area contributed by atoms with Crippen LogP contribution in [0.3, 0.4) is 0 Å². The number of carbonyl (C=O) groups is 1.